The van der Waals surface area contributed by atoms with Crippen molar-refractivity contribution < 1.29 is 17.9 Å². The van der Waals surface area contributed by atoms with Gasteiger partial charge in [0.2, 0.25) is 0 Å². The molecule has 21 heavy (non-hydrogen) atoms. The van der Waals surface area contributed by atoms with Crippen LogP contribution < -0.4 is 4.90 Å². The van der Waals surface area contributed by atoms with Crippen molar-refractivity contribution in [2.24, 2.45) is 0 Å². The van der Waals surface area contributed by atoms with Gasteiger partial charge in [-0.1, -0.05) is 0 Å². The van der Waals surface area contributed by atoms with Crippen LogP contribution in [0.15, 0.2) is 12.3 Å². The number of halogens is 3. The van der Waals surface area contributed by atoms with E-state index in [4.69, 9.17) is 4.74 Å². The topological polar surface area (TPSA) is 28.6 Å². The van der Waals surface area contributed by atoms with Crippen LogP contribution in [0.4, 0.5) is 19.0 Å². The Balaban J connectivity index is 2.00. The molecule has 1 aromatic rings. The van der Waals surface area contributed by atoms with E-state index in [9.17, 15) is 13.2 Å². The van der Waals surface area contributed by atoms with Gasteiger partial charge in [0.1, 0.15) is 5.82 Å². The van der Waals surface area contributed by atoms with E-state index in [2.05, 4.69) is 21.7 Å². The number of piperazine rings is 1. The highest BCUT2D eigenvalue weighted by Gasteiger charge is 2.37. The van der Waals surface area contributed by atoms with Crippen molar-refractivity contribution in [1.82, 2.24) is 9.88 Å². The van der Waals surface area contributed by atoms with Crippen LogP contribution in [0, 0.1) is 0 Å². The molecule has 3 rings (SSSR count). The van der Waals surface area contributed by atoms with Crippen LogP contribution in [0.25, 0.3) is 0 Å². The third-order valence-electron chi connectivity index (χ3n) is 4.05. The zero-order valence-electron chi connectivity index (χ0n) is 12.0. The minimum absolute atomic E-state index is 0.129. The lowest BCUT2D eigenvalue weighted by atomic mass is 10.1. The first-order valence-corrected chi connectivity index (χ1v) is 6.97. The van der Waals surface area contributed by atoms with Gasteiger partial charge in [0.05, 0.1) is 24.8 Å². The molecular weight excluding hydrogens is 283 g/mol. The summed E-state index contributed by atoms with van der Waals surface area (Å²) in [5.41, 5.74) is -0.200. The Labute approximate surface area is 121 Å². The number of hydrogen-bond acceptors (Lipinski definition) is 4. The lowest BCUT2D eigenvalue weighted by molar-refractivity contribution is -0.137. The van der Waals surface area contributed by atoms with Crippen LogP contribution >= 0.6 is 0 Å². The van der Waals surface area contributed by atoms with Crippen LogP contribution in [0.2, 0.25) is 0 Å². The number of hydrogen-bond donors (Lipinski definition) is 0. The highest BCUT2D eigenvalue weighted by atomic mass is 19.4. The standard InChI is InChI=1S/C14H18F3N3O/c1-9-5-19(2)6-12-8-21-7-10-3-11(14(15,16)17)4-18-13(10)20(9)12/h3-4,9,12H,5-8H2,1-2H3/t9-,12-/m1/s1. The number of aromatic nitrogens is 1. The van der Waals surface area contributed by atoms with Crippen LogP contribution in [-0.2, 0) is 17.5 Å². The van der Waals surface area contributed by atoms with Gasteiger partial charge in [-0.05, 0) is 20.0 Å². The molecule has 1 aromatic heterocycles. The number of alkyl halides is 3. The number of ether oxygens (including phenoxy) is 1. The maximum Gasteiger partial charge on any atom is 0.417 e. The molecule has 0 amide bonds. The summed E-state index contributed by atoms with van der Waals surface area (Å²) in [4.78, 5) is 8.44. The highest BCUT2D eigenvalue weighted by molar-refractivity contribution is 5.51. The van der Waals surface area contributed by atoms with Crippen molar-refractivity contribution in [2.45, 2.75) is 31.8 Å². The molecule has 2 aliphatic heterocycles. The van der Waals surface area contributed by atoms with Crippen molar-refractivity contribution in [3.05, 3.63) is 23.4 Å². The Morgan fingerprint density at radius 3 is 2.81 bits per heavy atom. The second-order valence-electron chi connectivity index (χ2n) is 5.85. The van der Waals surface area contributed by atoms with E-state index in [0.717, 1.165) is 25.4 Å². The predicted molar refractivity (Wildman–Crippen MR) is 72.1 cm³/mol. The first kappa shape index (κ1) is 14.6. The summed E-state index contributed by atoms with van der Waals surface area (Å²) in [5.74, 6) is 0.631. The number of likely N-dealkylation sites (N-methyl/N-ethyl adjacent to an activating group) is 1. The molecule has 0 N–H and O–H groups in total. The van der Waals surface area contributed by atoms with Gasteiger partial charge in [-0.3, -0.25) is 0 Å². The molecule has 2 atom stereocenters. The van der Waals surface area contributed by atoms with E-state index in [0.29, 0.717) is 18.0 Å². The average molecular weight is 301 g/mol. The summed E-state index contributed by atoms with van der Waals surface area (Å²) in [6.07, 6.45) is -3.45. The zero-order chi connectivity index (χ0) is 15.2. The normalized spacial score (nSPS) is 27.0. The quantitative estimate of drug-likeness (QED) is 0.734. The molecule has 0 radical (unpaired) electrons. The fourth-order valence-corrected chi connectivity index (χ4v) is 3.24. The summed E-state index contributed by atoms with van der Waals surface area (Å²) in [6.45, 7) is 4.43. The Morgan fingerprint density at radius 2 is 2.10 bits per heavy atom. The van der Waals surface area contributed by atoms with Gasteiger partial charge in [0, 0.05) is 30.9 Å². The summed E-state index contributed by atoms with van der Waals surface area (Å²) < 4.78 is 44.0. The molecule has 0 saturated carbocycles. The van der Waals surface area contributed by atoms with Crippen molar-refractivity contribution in [3.63, 3.8) is 0 Å². The molecule has 7 heteroatoms. The van der Waals surface area contributed by atoms with E-state index < -0.39 is 11.7 Å². The van der Waals surface area contributed by atoms with Crippen molar-refractivity contribution in [2.75, 3.05) is 31.6 Å². The number of pyridine rings is 1. The van der Waals surface area contributed by atoms with Crippen molar-refractivity contribution >= 4 is 5.82 Å². The fourth-order valence-electron chi connectivity index (χ4n) is 3.24. The smallest absolute Gasteiger partial charge is 0.374 e. The molecule has 1 fully saturated rings. The number of nitrogens with zero attached hydrogens (tertiary/aromatic N) is 3. The van der Waals surface area contributed by atoms with Crippen LogP contribution in [-0.4, -0.2) is 48.7 Å². The van der Waals surface area contributed by atoms with E-state index in [1.165, 1.54) is 0 Å². The van der Waals surface area contributed by atoms with Gasteiger partial charge < -0.3 is 14.5 Å². The lowest BCUT2D eigenvalue weighted by Gasteiger charge is -2.44. The molecule has 0 aliphatic carbocycles. The molecular formula is C14H18F3N3O. The summed E-state index contributed by atoms with van der Waals surface area (Å²) >= 11 is 0. The predicted octanol–water partition coefficient (Wildman–Crippen LogP) is 2.14. The molecule has 2 aliphatic rings. The average Bonchev–Trinajstić information content (AvgIpc) is 2.55. The second kappa shape index (κ2) is 5.14. The Hall–Kier alpha value is -1.34. The zero-order valence-corrected chi connectivity index (χ0v) is 12.0. The van der Waals surface area contributed by atoms with Gasteiger partial charge in [0.25, 0.3) is 0 Å². The van der Waals surface area contributed by atoms with Gasteiger partial charge in [-0.25, -0.2) is 4.98 Å². The summed E-state index contributed by atoms with van der Waals surface area (Å²) in [6, 6.07) is 1.48. The molecule has 0 unspecified atom stereocenters. The first-order valence-electron chi connectivity index (χ1n) is 6.97. The Kier molecular flexibility index (Phi) is 3.57. The fraction of sp³-hybridized carbons (Fsp3) is 0.643. The van der Waals surface area contributed by atoms with Crippen LogP contribution in [0.3, 0.4) is 0 Å². The summed E-state index contributed by atoms with van der Waals surface area (Å²) in [5, 5.41) is 0. The second-order valence-corrected chi connectivity index (χ2v) is 5.85. The van der Waals surface area contributed by atoms with Crippen LogP contribution in [0.1, 0.15) is 18.1 Å². The molecule has 116 valence electrons. The summed E-state index contributed by atoms with van der Waals surface area (Å²) in [7, 11) is 2.04. The van der Waals surface area contributed by atoms with Gasteiger partial charge in [-0.2, -0.15) is 13.2 Å². The van der Waals surface area contributed by atoms with Crippen molar-refractivity contribution in [3.8, 4) is 0 Å². The van der Waals surface area contributed by atoms with Crippen LogP contribution in [0.5, 0.6) is 0 Å². The van der Waals surface area contributed by atoms with Gasteiger partial charge in [-0.15, -0.1) is 0 Å². The monoisotopic (exact) mass is 301 g/mol. The largest absolute Gasteiger partial charge is 0.417 e. The third-order valence-corrected chi connectivity index (χ3v) is 4.05. The van der Waals surface area contributed by atoms with E-state index in [1.54, 1.807) is 0 Å². The van der Waals surface area contributed by atoms with Gasteiger partial charge in [0.15, 0.2) is 0 Å². The SMILES string of the molecule is C[C@@H]1CN(C)C[C@@H]2COCc3cc(C(F)(F)F)cnc3N21. The minimum atomic E-state index is -4.37. The molecule has 4 nitrogen and oxygen atoms in total. The number of rotatable bonds is 0. The first-order chi connectivity index (χ1) is 9.86. The maximum absolute atomic E-state index is 12.8. The van der Waals surface area contributed by atoms with E-state index >= 15 is 0 Å². The minimum Gasteiger partial charge on any atom is -0.374 e. The molecule has 1 saturated heterocycles. The molecule has 3 heterocycles. The Bertz CT molecular complexity index is 535. The van der Waals surface area contributed by atoms with E-state index in [1.807, 2.05) is 7.05 Å². The van der Waals surface area contributed by atoms with Crippen molar-refractivity contribution in [1.29, 1.82) is 0 Å². The van der Waals surface area contributed by atoms with E-state index in [-0.39, 0.29) is 18.7 Å². The number of fused-ring (bicyclic) bond motifs is 3. The molecule has 0 bridgehead atoms. The lowest BCUT2D eigenvalue weighted by Crippen LogP contribution is -2.58. The maximum atomic E-state index is 12.8. The number of anilines is 1. The van der Waals surface area contributed by atoms with Gasteiger partial charge >= 0.3 is 6.18 Å². The Morgan fingerprint density at radius 1 is 1.33 bits per heavy atom. The third kappa shape index (κ3) is 2.72. The molecule has 0 spiro atoms. The highest BCUT2D eigenvalue weighted by Crippen LogP contribution is 2.34. The molecule has 0 aromatic carbocycles.